The molecule has 1 aromatic rings. The van der Waals surface area contributed by atoms with Gasteiger partial charge in [0, 0.05) is 25.2 Å². The lowest BCUT2D eigenvalue weighted by Crippen LogP contribution is -2.33. The van der Waals surface area contributed by atoms with Crippen molar-refractivity contribution in [3.63, 3.8) is 0 Å². The lowest BCUT2D eigenvalue weighted by molar-refractivity contribution is -0.123. The Labute approximate surface area is 125 Å². The third-order valence-electron chi connectivity index (χ3n) is 2.66. The number of nitrogens with two attached hydrogens (primary N) is 1. The number of benzene rings is 1. The number of nitrogens with one attached hydrogen (secondary N) is 1. The molecule has 19 heavy (non-hydrogen) atoms. The van der Waals surface area contributed by atoms with E-state index in [1.54, 1.807) is 7.11 Å². The Balaban J connectivity index is 0.00000324. The van der Waals surface area contributed by atoms with Crippen molar-refractivity contribution in [3.05, 3.63) is 34.9 Å². The third kappa shape index (κ3) is 7.38. The lowest BCUT2D eigenvalue weighted by atomic mass is 10.1. The lowest BCUT2D eigenvalue weighted by Gasteiger charge is -2.12. The van der Waals surface area contributed by atoms with Crippen LogP contribution in [-0.2, 0) is 16.0 Å². The average Bonchev–Trinajstić information content (AvgIpc) is 2.38. The molecule has 3 N–H and O–H groups in total. The molecule has 1 aromatic carbocycles. The van der Waals surface area contributed by atoms with Crippen LogP contribution in [0.5, 0.6) is 0 Å². The van der Waals surface area contributed by atoms with Gasteiger partial charge in [0.2, 0.25) is 5.91 Å². The second kappa shape index (κ2) is 10.0. The van der Waals surface area contributed by atoms with Gasteiger partial charge in [0.15, 0.2) is 0 Å². The van der Waals surface area contributed by atoms with Crippen LogP contribution in [0.2, 0.25) is 5.02 Å². The summed E-state index contributed by atoms with van der Waals surface area (Å²) in [5, 5.41) is 3.55. The molecule has 0 spiro atoms. The molecule has 1 amide bonds. The zero-order chi connectivity index (χ0) is 13.4. The quantitative estimate of drug-likeness (QED) is 0.807. The molecule has 0 saturated carbocycles. The summed E-state index contributed by atoms with van der Waals surface area (Å²) < 4.78 is 5.05. The minimum Gasteiger partial charge on any atom is -0.380 e. The van der Waals surface area contributed by atoms with Crippen LogP contribution in [-0.4, -0.2) is 32.2 Å². The van der Waals surface area contributed by atoms with Crippen LogP contribution >= 0.6 is 24.0 Å². The molecule has 0 aliphatic rings. The third-order valence-corrected chi connectivity index (χ3v) is 2.91. The van der Waals surface area contributed by atoms with Crippen molar-refractivity contribution >= 4 is 29.9 Å². The van der Waals surface area contributed by atoms with Gasteiger partial charge in [-0.1, -0.05) is 23.7 Å². The van der Waals surface area contributed by atoms with Gasteiger partial charge in [-0.05, 0) is 24.1 Å². The maximum atomic E-state index is 11.5. The number of hydrogen-bond donors (Lipinski definition) is 2. The van der Waals surface area contributed by atoms with Crippen molar-refractivity contribution in [1.29, 1.82) is 0 Å². The highest BCUT2D eigenvalue weighted by Gasteiger charge is 2.10. The van der Waals surface area contributed by atoms with E-state index in [-0.39, 0.29) is 24.4 Å². The first-order valence-corrected chi connectivity index (χ1v) is 6.27. The number of halogens is 2. The maximum Gasteiger partial charge on any atom is 0.222 e. The number of carbonyl (C=O) groups is 1. The summed E-state index contributed by atoms with van der Waals surface area (Å²) in [6.07, 6.45) is 0.872. The molecule has 6 heteroatoms. The Hall–Kier alpha value is -0.810. The predicted molar refractivity (Wildman–Crippen MR) is 79.9 cm³/mol. The number of rotatable bonds is 7. The minimum atomic E-state index is -0.208. The highest BCUT2D eigenvalue weighted by Crippen LogP contribution is 2.09. The minimum absolute atomic E-state index is 0. The van der Waals surface area contributed by atoms with E-state index in [4.69, 9.17) is 22.1 Å². The largest absolute Gasteiger partial charge is 0.380 e. The van der Waals surface area contributed by atoms with E-state index < -0.39 is 0 Å². The van der Waals surface area contributed by atoms with Gasteiger partial charge >= 0.3 is 0 Å². The Bertz CT molecular complexity index is 367. The number of amides is 1. The summed E-state index contributed by atoms with van der Waals surface area (Å²) >= 11 is 5.79. The standard InChI is InChI=1S/C13H19ClN2O2.ClH/c1-18-12(9-15)8-13(17)16-7-6-10-2-4-11(14)5-3-10;/h2-5,12H,6-9,15H2,1H3,(H,16,17);1H. The topological polar surface area (TPSA) is 64.3 Å². The van der Waals surface area contributed by atoms with Gasteiger partial charge in [-0.25, -0.2) is 0 Å². The zero-order valence-electron chi connectivity index (χ0n) is 10.9. The van der Waals surface area contributed by atoms with Gasteiger partial charge in [-0.3, -0.25) is 4.79 Å². The summed E-state index contributed by atoms with van der Waals surface area (Å²) in [5.74, 6) is -0.0405. The molecule has 0 aliphatic carbocycles. The van der Waals surface area contributed by atoms with Crippen LogP contribution in [0, 0.1) is 0 Å². The average molecular weight is 307 g/mol. The summed E-state index contributed by atoms with van der Waals surface area (Å²) in [4.78, 5) is 11.5. The van der Waals surface area contributed by atoms with E-state index in [1.165, 1.54) is 0 Å². The molecular weight excluding hydrogens is 287 g/mol. The van der Waals surface area contributed by atoms with Crippen LogP contribution in [0.3, 0.4) is 0 Å². The second-order valence-corrected chi connectivity index (χ2v) is 4.46. The molecule has 1 rings (SSSR count). The van der Waals surface area contributed by atoms with Gasteiger partial charge in [0.05, 0.1) is 12.5 Å². The fraction of sp³-hybridized carbons (Fsp3) is 0.462. The molecule has 0 heterocycles. The van der Waals surface area contributed by atoms with Crippen molar-refractivity contribution in [2.45, 2.75) is 18.9 Å². The molecule has 0 saturated heterocycles. The van der Waals surface area contributed by atoms with Crippen molar-refractivity contribution < 1.29 is 9.53 Å². The van der Waals surface area contributed by atoms with E-state index in [0.29, 0.717) is 24.5 Å². The van der Waals surface area contributed by atoms with E-state index in [9.17, 15) is 4.79 Å². The molecule has 108 valence electrons. The molecule has 0 radical (unpaired) electrons. The van der Waals surface area contributed by atoms with Gasteiger partial charge in [0.1, 0.15) is 0 Å². The van der Waals surface area contributed by atoms with E-state index in [0.717, 1.165) is 12.0 Å². The molecule has 4 nitrogen and oxygen atoms in total. The van der Waals surface area contributed by atoms with E-state index in [1.807, 2.05) is 24.3 Å². The van der Waals surface area contributed by atoms with Crippen LogP contribution < -0.4 is 11.1 Å². The molecule has 0 fully saturated rings. The van der Waals surface area contributed by atoms with E-state index >= 15 is 0 Å². The van der Waals surface area contributed by atoms with Gasteiger partial charge in [0.25, 0.3) is 0 Å². The van der Waals surface area contributed by atoms with Crippen LogP contribution in [0.4, 0.5) is 0 Å². The first kappa shape index (κ1) is 18.2. The molecule has 0 aliphatic heterocycles. The summed E-state index contributed by atoms with van der Waals surface area (Å²) in [6, 6.07) is 7.58. The van der Waals surface area contributed by atoms with Crippen LogP contribution in [0.25, 0.3) is 0 Å². The summed E-state index contributed by atoms with van der Waals surface area (Å²) in [6.45, 7) is 0.947. The monoisotopic (exact) mass is 306 g/mol. The highest BCUT2D eigenvalue weighted by atomic mass is 35.5. The Kier molecular flexibility index (Phi) is 9.61. The number of carbonyl (C=O) groups excluding carboxylic acids is 1. The molecule has 0 bridgehead atoms. The number of ether oxygens (including phenoxy) is 1. The van der Waals surface area contributed by atoms with Crippen LogP contribution in [0.15, 0.2) is 24.3 Å². The fourth-order valence-corrected chi connectivity index (χ4v) is 1.67. The van der Waals surface area contributed by atoms with E-state index in [2.05, 4.69) is 5.32 Å². The van der Waals surface area contributed by atoms with Crippen molar-refractivity contribution in [3.8, 4) is 0 Å². The summed E-state index contributed by atoms with van der Waals surface area (Å²) in [5.41, 5.74) is 6.59. The molecular formula is C13H20Cl2N2O2. The second-order valence-electron chi connectivity index (χ2n) is 4.02. The van der Waals surface area contributed by atoms with Crippen molar-refractivity contribution in [2.24, 2.45) is 5.73 Å². The van der Waals surface area contributed by atoms with Gasteiger partial charge in [-0.15, -0.1) is 12.4 Å². The van der Waals surface area contributed by atoms with Crippen LogP contribution in [0.1, 0.15) is 12.0 Å². The number of methoxy groups -OCH3 is 1. The van der Waals surface area contributed by atoms with Gasteiger partial charge in [-0.2, -0.15) is 0 Å². The molecule has 1 unspecified atom stereocenters. The van der Waals surface area contributed by atoms with Crippen molar-refractivity contribution in [1.82, 2.24) is 5.32 Å². The normalized spacial score (nSPS) is 11.5. The SMILES string of the molecule is COC(CN)CC(=O)NCCc1ccc(Cl)cc1.Cl. The summed E-state index contributed by atoms with van der Waals surface area (Å²) in [7, 11) is 1.55. The first-order chi connectivity index (χ1) is 8.65. The zero-order valence-corrected chi connectivity index (χ0v) is 12.5. The highest BCUT2D eigenvalue weighted by molar-refractivity contribution is 6.30. The predicted octanol–water partition coefficient (Wildman–Crippen LogP) is 1.78. The smallest absolute Gasteiger partial charge is 0.222 e. The number of hydrogen-bond acceptors (Lipinski definition) is 3. The Morgan fingerprint density at radius 2 is 2.05 bits per heavy atom. The van der Waals surface area contributed by atoms with Crippen molar-refractivity contribution in [2.75, 3.05) is 20.2 Å². The Morgan fingerprint density at radius 1 is 1.42 bits per heavy atom. The first-order valence-electron chi connectivity index (χ1n) is 5.89. The fourth-order valence-electron chi connectivity index (χ4n) is 1.54. The van der Waals surface area contributed by atoms with Gasteiger partial charge < -0.3 is 15.8 Å². The molecule has 0 aromatic heterocycles. The maximum absolute atomic E-state index is 11.5. The molecule has 1 atom stereocenters. The Morgan fingerprint density at radius 3 is 2.58 bits per heavy atom.